The molecule has 0 bridgehead atoms. The highest BCUT2D eigenvalue weighted by molar-refractivity contribution is 7.89. The summed E-state index contributed by atoms with van der Waals surface area (Å²) in [7, 11) is -3.69. The van der Waals surface area contributed by atoms with Gasteiger partial charge in [-0.3, -0.25) is 0 Å². The maximum atomic E-state index is 11.2. The van der Waals surface area contributed by atoms with Gasteiger partial charge in [-0.25, -0.2) is 13.6 Å². The summed E-state index contributed by atoms with van der Waals surface area (Å²) >= 11 is 6.00. The van der Waals surface area contributed by atoms with Gasteiger partial charge in [-0.1, -0.05) is 32.4 Å². The number of halogens is 1. The van der Waals surface area contributed by atoms with Crippen LogP contribution < -0.4 is 10.5 Å². The van der Waals surface area contributed by atoms with E-state index >= 15 is 0 Å². The fraction of sp³-hybridized carbons (Fsp3) is 0.500. The number of hydrogen-bond donors (Lipinski definition) is 2. The second-order valence-electron chi connectivity index (χ2n) is 5.42. The van der Waals surface area contributed by atoms with Crippen molar-refractivity contribution in [2.75, 3.05) is 11.9 Å². The van der Waals surface area contributed by atoms with Crippen molar-refractivity contribution in [2.45, 2.75) is 32.1 Å². The zero-order chi connectivity index (χ0) is 14.0. The van der Waals surface area contributed by atoms with Gasteiger partial charge in [0.15, 0.2) is 0 Å². The summed E-state index contributed by atoms with van der Waals surface area (Å²) in [6, 6.07) is 4.38. The standard InChI is InChI=1S/C12H19ClN2O2S/c1-12(2,3)6-7-15-11-8-9(18(14,16)17)4-5-10(11)13/h4-5,8,15H,6-7H2,1-3H3,(H2,14,16,17). The van der Waals surface area contributed by atoms with Gasteiger partial charge in [-0.15, -0.1) is 0 Å². The van der Waals surface area contributed by atoms with E-state index in [9.17, 15) is 8.42 Å². The van der Waals surface area contributed by atoms with Crippen LogP contribution in [0.1, 0.15) is 27.2 Å². The molecular formula is C12H19ClN2O2S. The second-order valence-corrected chi connectivity index (χ2v) is 7.39. The molecule has 0 atom stereocenters. The molecule has 0 aliphatic carbocycles. The lowest BCUT2D eigenvalue weighted by molar-refractivity contribution is 0.390. The zero-order valence-electron chi connectivity index (χ0n) is 10.8. The number of nitrogens with one attached hydrogen (secondary N) is 1. The van der Waals surface area contributed by atoms with Crippen molar-refractivity contribution in [3.63, 3.8) is 0 Å². The normalized spacial score (nSPS) is 12.5. The van der Waals surface area contributed by atoms with Crippen LogP contribution in [-0.4, -0.2) is 15.0 Å². The van der Waals surface area contributed by atoms with E-state index < -0.39 is 10.0 Å². The van der Waals surface area contributed by atoms with Gasteiger partial charge in [0.1, 0.15) is 0 Å². The summed E-state index contributed by atoms with van der Waals surface area (Å²) < 4.78 is 22.5. The van der Waals surface area contributed by atoms with Crippen molar-refractivity contribution in [3.05, 3.63) is 23.2 Å². The summed E-state index contributed by atoms with van der Waals surface area (Å²) in [5, 5.41) is 8.69. The molecule has 3 N–H and O–H groups in total. The summed E-state index contributed by atoms with van der Waals surface area (Å²) in [4.78, 5) is 0.0603. The summed E-state index contributed by atoms with van der Waals surface area (Å²) in [6.07, 6.45) is 0.947. The Kier molecular flexibility index (Phi) is 4.64. The van der Waals surface area contributed by atoms with Gasteiger partial charge >= 0.3 is 0 Å². The Balaban J connectivity index is 2.83. The predicted molar refractivity (Wildman–Crippen MR) is 75.4 cm³/mol. The number of hydrogen-bond acceptors (Lipinski definition) is 3. The smallest absolute Gasteiger partial charge is 0.238 e. The quantitative estimate of drug-likeness (QED) is 0.895. The molecule has 0 aliphatic rings. The summed E-state index contributed by atoms with van der Waals surface area (Å²) in [5.41, 5.74) is 0.796. The van der Waals surface area contributed by atoms with E-state index in [1.165, 1.54) is 18.2 Å². The van der Waals surface area contributed by atoms with Gasteiger partial charge in [0.2, 0.25) is 10.0 Å². The third-order valence-corrected chi connectivity index (χ3v) is 3.70. The highest BCUT2D eigenvalue weighted by Gasteiger charge is 2.12. The fourth-order valence-corrected chi connectivity index (χ4v) is 2.11. The van der Waals surface area contributed by atoms with Crippen molar-refractivity contribution in [3.8, 4) is 0 Å². The number of sulfonamides is 1. The maximum absolute atomic E-state index is 11.2. The number of benzene rings is 1. The number of rotatable bonds is 4. The van der Waals surface area contributed by atoms with Crippen LogP contribution in [0.2, 0.25) is 5.02 Å². The molecule has 0 saturated heterocycles. The third-order valence-electron chi connectivity index (χ3n) is 2.46. The highest BCUT2D eigenvalue weighted by Crippen LogP contribution is 2.26. The van der Waals surface area contributed by atoms with Crippen LogP contribution >= 0.6 is 11.6 Å². The zero-order valence-corrected chi connectivity index (χ0v) is 12.4. The molecule has 0 fully saturated rings. The molecule has 1 aromatic rings. The first-order valence-electron chi connectivity index (χ1n) is 5.66. The molecule has 0 saturated carbocycles. The van der Waals surface area contributed by atoms with Crippen LogP contribution in [0, 0.1) is 5.41 Å². The summed E-state index contributed by atoms with van der Waals surface area (Å²) in [5.74, 6) is 0. The van der Waals surface area contributed by atoms with Crippen molar-refractivity contribution in [1.29, 1.82) is 0 Å². The molecule has 0 amide bonds. The van der Waals surface area contributed by atoms with E-state index in [1.54, 1.807) is 0 Å². The molecule has 0 aliphatic heterocycles. The molecule has 0 radical (unpaired) electrons. The number of anilines is 1. The molecule has 0 heterocycles. The predicted octanol–water partition coefficient (Wildman–Crippen LogP) is 2.84. The summed E-state index contributed by atoms with van der Waals surface area (Å²) in [6.45, 7) is 7.13. The molecule has 1 rings (SSSR count). The Morgan fingerprint density at radius 2 is 1.94 bits per heavy atom. The van der Waals surface area contributed by atoms with E-state index in [1.807, 2.05) is 0 Å². The Morgan fingerprint density at radius 3 is 2.44 bits per heavy atom. The van der Waals surface area contributed by atoms with Crippen LogP contribution in [-0.2, 0) is 10.0 Å². The highest BCUT2D eigenvalue weighted by atomic mass is 35.5. The van der Waals surface area contributed by atoms with Gasteiger partial charge in [-0.2, -0.15) is 0 Å². The Morgan fingerprint density at radius 1 is 1.33 bits per heavy atom. The molecule has 102 valence electrons. The van der Waals surface area contributed by atoms with E-state index in [4.69, 9.17) is 16.7 Å². The minimum Gasteiger partial charge on any atom is -0.384 e. The van der Waals surface area contributed by atoms with E-state index in [2.05, 4.69) is 26.1 Å². The van der Waals surface area contributed by atoms with Crippen molar-refractivity contribution in [2.24, 2.45) is 10.6 Å². The molecule has 4 nitrogen and oxygen atoms in total. The van der Waals surface area contributed by atoms with Crippen LogP contribution in [0.15, 0.2) is 23.1 Å². The minimum atomic E-state index is -3.69. The third kappa shape index (κ3) is 4.84. The van der Waals surface area contributed by atoms with Gasteiger partial charge in [-0.05, 0) is 30.0 Å². The average molecular weight is 291 g/mol. The minimum absolute atomic E-state index is 0.0603. The second kappa shape index (κ2) is 5.47. The molecular weight excluding hydrogens is 272 g/mol. The fourth-order valence-electron chi connectivity index (χ4n) is 1.39. The first-order valence-corrected chi connectivity index (χ1v) is 7.58. The SMILES string of the molecule is CC(C)(C)CCNc1cc(S(N)(=O)=O)ccc1Cl. The lowest BCUT2D eigenvalue weighted by atomic mass is 9.92. The lowest BCUT2D eigenvalue weighted by Gasteiger charge is -2.19. The van der Waals surface area contributed by atoms with E-state index in [0.717, 1.165) is 13.0 Å². The van der Waals surface area contributed by atoms with Gasteiger partial charge in [0, 0.05) is 6.54 Å². The monoisotopic (exact) mass is 290 g/mol. The van der Waals surface area contributed by atoms with Crippen molar-refractivity contribution < 1.29 is 8.42 Å². The Bertz CT molecular complexity index is 521. The van der Waals surface area contributed by atoms with Crippen LogP contribution in [0.25, 0.3) is 0 Å². The number of nitrogens with two attached hydrogens (primary N) is 1. The molecule has 0 unspecified atom stereocenters. The molecule has 6 heteroatoms. The lowest BCUT2D eigenvalue weighted by Crippen LogP contribution is -2.15. The molecule has 0 aromatic heterocycles. The molecule has 0 spiro atoms. The number of primary sulfonamides is 1. The topological polar surface area (TPSA) is 72.2 Å². The van der Waals surface area contributed by atoms with Crippen LogP contribution in [0.3, 0.4) is 0 Å². The Labute approximate surface area is 114 Å². The van der Waals surface area contributed by atoms with E-state index in [0.29, 0.717) is 10.7 Å². The Hall–Kier alpha value is -0.780. The van der Waals surface area contributed by atoms with Crippen molar-refractivity contribution >= 4 is 27.3 Å². The maximum Gasteiger partial charge on any atom is 0.238 e. The van der Waals surface area contributed by atoms with Gasteiger partial charge in [0.25, 0.3) is 0 Å². The van der Waals surface area contributed by atoms with Crippen LogP contribution in [0.4, 0.5) is 5.69 Å². The van der Waals surface area contributed by atoms with Crippen LogP contribution in [0.5, 0.6) is 0 Å². The van der Waals surface area contributed by atoms with Gasteiger partial charge < -0.3 is 5.32 Å². The van der Waals surface area contributed by atoms with E-state index in [-0.39, 0.29) is 10.3 Å². The van der Waals surface area contributed by atoms with Crippen molar-refractivity contribution in [1.82, 2.24) is 0 Å². The van der Waals surface area contributed by atoms with Gasteiger partial charge in [0.05, 0.1) is 15.6 Å². The molecule has 1 aromatic carbocycles. The molecule has 18 heavy (non-hydrogen) atoms. The first kappa shape index (κ1) is 15.3. The average Bonchev–Trinajstić information content (AvgIpc) is 2.17. The first-order chi connectivity index (χ1) is 8.09. The largest absolute Gasteiger partial charge is 0.384 e.